The molecule has 12 heteroatoms. The first kappa shape index (κ1) is 68.9. The Kier molecular flexibility index (Phi) is 46.6. The quantitative estimate of drug-likeness (QED) is 0.0228. The molecule has 0 bridgehead atoms. The van der Waals surface area contributed by atoms with Gasteiger partial charge in [-0.05, 0) is 116 Å². The number of aliphatic hydroxyl groups is 2. The molecule has 75 heavy (non-hydrogen) atoms. The lowest BCUT2D eigenvalue weighted by Crippen LogP contribution is -2.61. The Hall–Kier alpha value is -4.10. The summed E-state index contributed by atoms with van der Waals surface area (Å²) in [6, 6.07) is 0. The van der Waals surface area contributed by atoms with Crippen molar-refractivity contribution in [3.05, 3.63) is 85.1 Å². The third-order valence-electron chi connectivity index (χ3n) is 12.9. The summed E-state index contributed by atoms with van der Waals surface area (Å²) in [5.41, 5.74) is 0. The summed E-state index contributed by atoms with van der Waals surface area (Å²) < 4.78 is 28.4. The molecular formula is C63H104O12. The normalized spacial score (nSPS) is 18.8. The van der Waals surface area contributed by atoms with E-state index < -0.39 is 67.3 Å². The van der Waals surface area contributed by atoms with E-state index in [9.17, 15) is 34.5 Å². The van der Waals surface area contributed by atoms with E-state index in [-0.39, 0.29) is 25.9 Å². The molecule has 0 aromatic carbocycles. The van der Waals surface area contributed by atoms with Crippen LogP contribution in [-0.4, -0.2) is 89.2 Å². The van der Waals surface area contributed by atoms with Crippen LogP contribution in [0, 0.1) is 0 Å². The van der Waals surface area contributed by atoms with Crippen LogP contribution < -0.4 is 0 Å². The molecule has 428 valence electrons. The van der Waals surface area contributed by atoms with Gasteiger partial charge in [-0.2, -0.15) is 0 Å². The number of aliphatic carboxylic acids is 1. The molecule has 1 rings (SSSR count). The Morgan fingerprint density at radius 3 is 1.35 bits per heavy atom. The van der Waals surface area contributed by atoms with Gasteiger partial charge in [0.05, 0.1) is 6.61 Å². The van der Waals surface area contributed by atoms with Gasteiger partial charge in [-0.3, -0.25) is 14.4 Å². The van der Waals surface area contributed by atoms with Gasteiger partial charge >= 0.3 is 23.9 Å². The predicted molar refractivity (Wildman–Crippen MR) is 303 cm³/mol. The lowest BCUT2D eigenvalue weighted by Gasteiger charge is -2.40. The molecule has 0 aromatic rings. The highest BCUT2D eigenvalue weighted by atomic mass is 16.7. The Balaban J connectivity index is 2.74. The van der Waals surface area contributed by atoms with E-state index in [0.29, 0.717) is 19.3 Å². The molecule has 0 saturated carbocycles. The number of unbranched alkanes of at least 4 members (excludes halogenated alkanes) is 21. The molecule has 12 nitrogen and oxygen atoms in total. The fourth-order valence-corrected chi connectivity index (χ4v) is 8.38. The standard InChI is InChI=1S/C63H104O12/c1-4-7-10-13-16-19-22-25-28-31-34-37-40-43-46-49-55(64)71-52-54(73-56(65)50-47-44-41-38-35-32-29-26-23-20-17-14-11-8-5-2)53-72-63-61(59(68)58(67)60(75-63)62(69)70)74-57(66)51-48-45-42-39-36-33-30-27-24-21-18-15-12-9-6-3/h7,10,16,18-19,21,25-30,34,37,54,58-61,63,67-68H,4-6,8-9,11-15,17,20,22-24,31-33,35-36,38-53H2,1-3H3,(H,69,70)/b10-7-,19-16-,21-18-,28-25-,29-26-,30-27-,37-34-. The smallest absolute Gasteiger partial charge is 0.335 e. The molecule has 6 atom stereocenters. The number of carbonyl (C=O) groups is 4. The van der Waals surface area contributed by atoms with E-state index in [1.54, 1.807) is 0 Å². The molecule has 0 aromatic heterocycles. The van der Waals surface area contributed by atoms with Crippen LogP contribution in [0.2, 0.25) is 0 Å². The van der Waals surface area contributed by atoms with E-state index >= 15 is 0 Å². The molecule has 0 spiro atoms. The molecule has 1 aliphatic rings. The first-order chi connectivity index (χ1) is 36.6. The highest BCUT2D eigenvalue weighted by molar-refractivity contribution is 5.74. The van der Waals surface area contributed by atoms with Crippen LogP contribution in [0.4, 0.5) is 0 Å². The predicted octanol–water partition coefficient (Wildman–Crippen LogP) is 15.1. The molecule has 6 unspecified atom stereocenters. The second-order valence-electron chi connectivity index (χ2n) is 19.9. The van der Waals surface area contributed by atoms with E-state index in [1.165, 1.54) is 57.8 Å². The fraction of sp³-hybridized carbons (Fsp3) is 0.714. The van der Waals surface area contributed by atoms with Crippen molar-refractivity contribution in [2.75, 3.05) is 13.2 Å². The van der Waals surface area contributed by atoms with Gasteiger partial charge < -0.3 is 39.0 Å². The minimum Gasteiger partial charge on any atom is -0.479 e. The summed E-state index contributed by atoms with van der Waals surface area (Å²) in [5, 5.41) is 31.5. The van der Waals surface area contributed by atoms with E-state index in [4.69, 9.17) is 23.7 Å². The number of carbonyl (C=O) groups excluding carboxylic acids is 3. The average molecular weight is 1050 g/mol. The lowest BCUT2D eigenvalue weighted by molar-refractivity contribution is -0.301. The summed E-state index contributed by atoms with van der Waals surface area (Å²) in [6.45, 7) is 5.79. The molecular weight excluding hydrogens is 949 g/mol. The molecule has 0 aliphatic carbocycles. The van der Waals surface area contributed by atoms with Gasteiger partial charge in [0.1, 0.15) is 18.8 Å². The summed E-state index contributed by atoms with van der Waals surface area (Å²) in [4.78, 5) is 51.1. The van der Waals surface area contributed by atoms with Gasteiger partial charge in [-0.1, -0.05) is 189 Å². The van der Waals surface area contributed by atoms with E-state index in [2.05, 4.69) is 106 Å². The third-order valence-corrected chi connectivity index (χ3v) is 12.9. The van der Waals surface area contributed by atoms with Crippen molar-refractivity contribution in [2.24, 2.45) is 0 Å². The molecule has 3 N–H and O–H groups in total. The summed E-state index contributed by atoms with van der Waals surface area (Å²) in [7, 11) is 0. The van der Waals surface area contributed by atoms with E-state index in [0.717, 1.165) is 122 Å². The molecule has 1 heterocycles. The van der Waals surface area contributed by atoms with Crippen LogP contribution in [0.3, 0.4) is 0 Å². The van der Waals surface area contributed by atoms with Crippen LogP contribution in [0.5, 0.6) is 0 Å². The number of hydrogen-bond acceptors (Lipinski definition) is 11. The number of ether oxygens (including phenoxy) is 5. The largest absolute Gasteiger partial charge is 0.479 e. The van der Waals surface area contributed by atoms with Crippen molar-refractivity contribution in [3.8, 4) is 0 Å². The Morgan fingerprint density at radius 1 is 0.453 bits per heavy atom. The van der Waals surface area contributed by atoms with Gasteiger partial charge in [0.25, 0.3) is 0 Å². The highest BCUT2D eigenvalue weighted by Crippen LogP contribution is 2.26. The number of aliphatic hydroxyl groups excluding tert-OH is 2. The second-order valence-corrected chi connectivity index (χ2v) is 19.9. The Labute approximate surface area is 454 Å². The van der Waals surface area contributed by atoms with Gasteiger partial charge in [-0.25, -0.2) is 4.79 Å². The highest BCUT2D eigenvalue weighted by Gasteiger charge is 2.50. The topological polar surface area (TPSA) is 175 Å². The van der Waals surface area contributed by atoms with Crippen LogP contribution in [0.1, 0.15) is 239 Å². The molecule has 0 radical (unpaired) electrons. The minimum absolute atomic E-state index is 0.0366. The number of allylic oxidation sites excluding steroid dienone is 14. The Bertz CT molecular complexity index is 1630. The number of carboxylic acid groups (broad SMARTS) is 1. The summed E-state index contributed by atoms with van der Waals surface area (Å²) >= 11 is 0. The lowest BCUT2D eigenvalue weighted by atomic mass is 9.98. The van der Waals surface area contributed by atoms with Crippen molar-refractivity contribution in [1.82, 2.24) is 0 Å². The Morgan fingerprint density at radius 2 is 0.840 bits per heavy atom. The fourth-order valence-electron chi connectivity index (χ4n) is 8.38. The van der Waals surface area contributed by atoms with E-state index in [1.807, 2.05) is 0 Å². The summed E-state index contributed by atoms with van der Waals surface area (Å²) in [6.07, 6.45) is 52.6. The van der Waals surface area contributed by atoms with Crippen LogP contribution in [0.15, 0.2) is 85.1 Å². The maximum atomic E-state index is 13.1. The monoisotopic (exact) mass is 1050 g/mol. The first-order valence-electron chi connectivity index (χ1n) is 29.6. The number of rotatable bonds is 49. The van der Waals surface area contributed by atoms with Crippen molar-refractivity contribution in [1.29, 1.82) is 0 Å². The van der Waals surface area contributed by atoms with Gasteiger partial charge in [0.15, 0.2) is 24.6 Å². The maximum absolute atomic E-state index is 13.1. The molecule has 1 saturated heterocycles. The third kappa shape index (κ3) is 40.8. The van der Waals surface area contributed by atoms with Gasteiger partial charge in [0, 0.05) is 19.3 Å². The van der Waals surface area contributed by atoms with Crippen LogP contribution >= 0.6 is 0 Å². The maximum Gasteiger partial charge on any atom is 0.335 e. The second kappa shape index (κ2) is 50.7. The molecule has 1 fully saturated rings. The molecule has 1 aliphatic heterocycles. The van der Waals surface area contributed by atoms with Crippen LogP contribution in [0.25, 0.3) is 0 Å². The zero-order valence-electron chi connectivity index (χ0n) is 47.0. The number of esters is 3. The SMILES string of the molecule is CC/C=C\C/C=C\C/C=C\C/C=C\CCCCC(=O)OCC(COC1OC(C(=O)O)C(O)C(O)C1OC(=O)CCCCCCC/C=C\C/C=C\CCCCC)OC(=O)CCCCCCC/C=C\CCCCCCCC. The summed E-state index contributed by atoms with van der Waals surface area (Å²) in [5.74, 6) is -3.21. The zero-order chi connectivity index (χ0) is 54.7. The number of hydrogen-bond donors (Lipinski definition) is 3. The van der Waals surface area contributed by atoms with Crippen molar-refractivity contribution >= 4 is 23.9 Å². The van der Waals surface area contributed by atoms with Crippen molar-refractivity contribution < 1.29 is 58.2 Å². The minimum atomic E-state index is -1.92. The molecule has 0 amide bonds. The van der Waals surface area contributed by atoms with Crippen LogP contribution in [-0.2, 0) is 42.9 Å². The van der Waals surface area contributed by atoms with Crippen molar-refractivity contribution in [2.45, 2.75) is 276 Å². The van der Waals surface area contributed by atoms with Crippen molar-refractivity contribution in [3.63, 3.8) is 0 Å². The number of carboxylic acids is 1. The average Bonchev–Trinajstić information content (AvgIpc) is 3.39. The first-order valence-corrected chi connectivity index (χ1v) is 29.6. The van der Waals surface area contributed by atoms with Gasteiger partial charge in [-0.15, -0.1) is 0 Å². The zero-order valence-corrected chi connectivity index (χ0v) is 47.0. The van der Waals surface area contributed by atoms with Gasteiger partial charge in [0.2, 0.25) is 0 Å².